The third kappa shape index (κ3) is 4.20. The smallest absolute Gasteiger partial charge is 0.0638 e. The first-order chi connectivity index (χ1) is 8.19. The molecule has 0 radical (unpaired) electrons. The summed E-state index contributed by atoms with van der Waals surface area (Å²) in [5.74, 6) is 5.95. The summed E-state index contributed by atoms with van der Waals surface area (Å²) in [6, 6.07) is 4.47. The lowest BCUT2D eigenvalue weighted by atomic mass is 10.2. The Morgan fingerprint density at radius 3 is 3.00 bits per heavy atom. The number of nitriles is 1. The van der Waals surface area contributed by atoms with E-state index in [0.29, 0.717) is 13.0 Å². The van der Waals surface area contributed by atoms with Crippen molar-refractivity contribution in [3.05, 3.63) is 21.9 Å². The largest absolute Gasteiger partial charge is 0.320 e. The van der Waals surface area contributed by atoms with E-state index < -0.39 is 0 Å². The van der Waals surface area contributed by atoms with Crippen molar-refractivity contribution < 1.29 is 0 Å². The van der Waals surface area contributed by atoms with Crippen molar-refractivity contribution in [3.8, 4) is 17.9 Å². The molecule has 90 valence electrons. The lowest BCUT2D eigenvalue weighted by Gasteiger charge is -2.21. The predicted molar refractivity (Wildman–Crippen MR) is 71.4 cm³/mol. The predicted octanol–water partition coefficient (Wildman–Crippen LogP) is 1.79. The molecule has 0 spiro atoms. The van der Waals surface area contributed by atoms with Gasteiger partial charge in [-0.15, -0.1) is 11.3 Å². The SMILES string of the molecule is CC(CC#N)N(C)Cc1sccc1C#CCN. The molecule has 1 heterocycles. The Hall–Kier alpha value is -1.33. The third-order valence-electron chi connectivity index (χ3n) is 2.60. The molecule has 0 saturated carbocycles. The lowest BCUT2D eigenvalue weighted by Crippen LogP contribution is -2.28. The van der Waals surface area contributed by atoms with Gasteiger partial charge in [0.15, 0.2) is 0 Å². The molecule has 17 heavy (non-hydrogen) atoms. The van der Waals surface area contributed by atoms with Crippen LogP contribution in [0.1, 0.15) is 23.8 Å². The van der Waals surface area contributed by atoms with E-state index in [1.54, 1.807) is 11.3 Å². The maximum atomic E-state index is 8.67. The van der Waals surface area contributed by atoms with Gasteiger partial charge < -0.3 is 5.73 Å². The summed E-state index contributed by atoms with van der Waals surface area (Å²) < 4.78 is 0. The number of rotatable bonds is 4. The zero-order valence-electron chi connectivity index (χ0n) is 10.2. The van der Waals surface area contributed by atoms with E-state index in [0.717, 1.165) is 12.1 Å². The first-order valence-electron chi connectivity index (χ1n) is 5.51. The quantitative estimate of drug-likeness (QED) is 0.825. The van der Waals surface area contributed by atoms with E-state index in [2.05, 4.69) is 29.7 Å². The molecule has 0 amide bonds. The number of hydrogen-bond donors (Lipinski definition) is 1. The van der Waals surface area contributed by atoms with Crippen LogP contribution in [0, 0.1) is 23.2 Å². The van der Waals surface area contributed by atoms with Gasteiger partial charge in [0, 0.05) is 23.0 Å². The Kier molecular flexibility index (Phi) is 5.72. The van der Waals surface area contributed by atoms with E-state index in [1.165, 1.54) is 4.88 Å². The minimum atomic E-state index is 0.261. The molecule has 0 aromatic carbocycles. The van der Waals surface area contributed by atoms with Crippen molar-refractivity contribution in [3.63, 3.8) is 0 Å². The molecule has 1 unspecified atom stereocenters. The van der Waals surface area contributed by atoms with Crippen molar-refractivity contribution in [1.29, 1.82) is 5.26 Å². The van der Waals surface area contributed by atoms with Crippen LogP contribution in [0.2, 0.25) is 0 Å². The number of hydrogen-bond acceptors (Lipinski definition) is 4. The molecule has 0 bridgehead atoms. The molecule has 3 nitrogen and oxygen atoms in total. The Morgan fingerprint density at radius 2 is 2.35 bits per heavy atom. The zero-order valence-corrected chi connectivity index (χ0v) is 11.0. The Balaban J connectivity index is 2.69. The van der Waals surface area contributed by atoms with Crippen LogP contribution in [-0.4, -0.2) is 24.5 Å². The van der Waals surface area contributed by atoms with Gasteiger partial charge >= 0.3 is 0 Å². The summed E-state index contributed by atoms with van der Waals surface area (Å²) in [7, 11) is 2.03. The molecule has 1 aromatic heterocycles. The van der Waals surface area contributed by atoms with Gasteiger partial charge in [0.1, 0.15) is 0 Å². The van der Waals surface area contributed by atoms with Crippen LogP contribution < -0.4 is 5.73 Å². The van der Waals surface area contributed by atoms with Gasteiger partial charge in [0.25, 0.3) is 0 Å². The molecular weight excluding hydrogens is 230 g/mol. The molecule has 0 aliphatic heterocycles. The van der Waals surface area contributed by atoms with Crippen LogP contribution >= 0.6 is 11.3 Å². The minimum Gasteiger partial charge on any atom is -0.320 e. The summed E-state index contributed by atoms with van der Waals surface area (Å²) in [5, 5.41) is 10.7. The van der Waals surface area contributed by atoms with Crippen LogP contribution in [0.25, 0.3) is 0 Å². The molecule has 0 aliphatic carbocycles. The fraction of sp³-hybridized carbons (Fsp3) is 0.462. The molecule has 1 aromatic rings. The van der Waals surface area contributed by atoms with Crippen molar-refractivity contribution >= 4 is 11.3 Å². The highest BCUT2D eigenvalue weighted by Crippen LogP contribution is 2.19. The zero-order chi connectivity index (χ0) is 12.7. The average Bonchev–Trinajstić information content (AvgIpc) is 2.74. The first kappa shape index (κ1) is 13.7. The second-order valence-corrected chi connectivity index (χ2v) is 4.89. The van der Waals surface area contributed by atoms with Crippen LogP contribution in [0.15, 0.2) is 11.4 Å². The average molecular weight is 247 g/mol. The van der Waals surface area contributed by atoms with Crippen LogP contribution in [0.4, 0.5) is 0 Å². The summed E-state index contributed by atoms with van der Waals surface area (Å²) in [5.41, 5.74) is 6.42. The monoisotopic (exact) mass is 247 g/mol. The fourth-order valence-corrected chi connectivity index (χ4v) is 2.28. The normalized spacial score (nSPS) is 11.7. The van der Waals surface area contributed by atoms with Crippen molar-refractivity contribution in [2.45, 2.75) is 25.9 Å². The Morgan fingerprint density at radius 1 is 1.59 bits per heavy atom. The molecular formula is C13H17N3S. The highest BCUT2D eigenvalue weighted by Gasteiger charge is 2.11. The van der Waals surface area contributed by atoms with Gasteiger partial charge in [-0.05, 0) is 25.4 Å². The van der Waals surface area contributed by atoms with Crippen molar-refractivity contribution in [2.24, 2.45) is 5.73 Å². The fourth-order valence-electron chi connectivity index (χ4n) is 1.39. The van der Waals surface area contributed by atoms with Crippen LogP contribution in [0.3, 0.4) is 0 Å². The van der Waals surface area contributed by atoms with E-state index >= 15 is 0 Å². The van der Waals surface area contributed by atoms with Crippen LogP contribution in [-0.2, 0) is 6.54 Å². The molecule has 0 aliphatic rings. The molecule has 0 fully saturated rings. The molecule has 4 heteroatoms. The van der Waals surface area contributed by atoms with Crippen molar-refractivity contribution in [2.75, 3.05) is 13.6 Å². The van der Waals surface area contributed by atoms with Crippen molar-refractivity contribution in [1.82, 2.24) is 4.90 Å². The van der Waals surface area contributed by atoms with Gasteiger partial charge in [-0.2, -0.15) is 5.26 Å². The number of nitrogens with two attached hydrogens (primary N) is 1. The standard InChI is InChI=1S/C13H17N3S/c1-11(5-8-15)16(2)10-13-12(4-3-7-14)6-9-17-13/h6,9,11H,5,7,10,14H2,1-2H3. The first-order valence-corrected chi connectivity index (χ1v) is 6.39. The highest BCUT2D eigenvalue weighted by molar-refractivity contribution is 7.10. The molecule has 0 saturated heterocycles. The molecule has 2 N–H and O–H groups in total. The topological polar surface area (TPSA) is 53.0 Å². The van der Waals surface area contributed by atoms with Gasteiger partial charge in [-0.25, -0.2) is 0 Å². The van der Waals surface area contributed by atoms with Gasteiger partial charge in [0.05, 0.1) is 19.0 Å². The maximum absolute atomic E-state index is 8.67. The van der Waals surface area contributed by atoms with E-state index in [9.17, 15) is 0 Å². The van der Waals surface area contributed by atoms with Gasteiger partial charge in [-0.1, -0.05) is 11.8 Å². The molecule has 1 atom stereocenters. The summed E-state index contributed by atoms with van der Waals surface area (Å²) in [4.78, 5) is 3.40. The number of thiophene rings is 1. The van der Waals surface area contributed by atoms with Gasteiger partial charge in [0.2, 0.25) is 0 Å². The molecule has 1 rings (SSSR count). The van der Waals surface area contributed by atoms with E-state index in [1.807, 2.05) is 18.5 Å². The van der Waals surface area contributed by atoms with Crippen LogP contribution in [0.5, 0.6) is 0 Å². The number of nitrogens with zero attached hydrogens (tertiary/aromatic N) is 2. The second-order valence-electron chi connectivity index (χ2n) is 3.89. The summed E-state index contributed by atoms with van der Waals surface area (Å²) in [6.07, 6.45) is 0.547. The Bertz CT molecular complexity index is 447. The summed E-state index contributed by atoms with van der Waals surface area (Å²) in [6.45, 7) is 3.27. The minimum absolute atomic E-state index is 0.261. The second kappa shape index (κ2) is 7.09. The summed E-state index contributed by atoms with van der Waals surface area (Å²) >= 11 is 1.70. The Labute approximate surface area is 107 Å². The lowest BCUT2D eigenvalue weighted by molar-refractivity contribution is 0.254. The highest BCUT2D eigenvalue weighted by atomic mass is 32.1. The third-order valence-corrected chi connectivity index (χ3v) is 3.51. The van der Waals surface area contributed by atoms with E-state index in [-0.39, 0.29) is 6.04 Å². The van der Waals surface area contributed by atoms with Gasteiger partial charge in [-0.3, -0.25) is 4.90 Å². The van der Waals surface area contributed by atoms with E-state index in [4.69, 9.17) is 11.0 Å². The maximum Gasteiger partial charge on any atom is 0.0638 e.